The smallest absolute Gasteiger partial charge is 0.276 e. The van der Waals surface area contributed by atoms with Gasteiger partial charge in [-0.05, 0) is 36.6 Å². The summed E-state index contributed by atoms with van der Waals surface area (Å²) in [6.45, 7) is 0.866. The van der Waals surface area contributed by atoms with E-state index in [-0.39, 0.29) is 5.91 Å². The number of fused-ring (bicyclic) bond motifs is 1. The van der Waals surface area contributed by atoms with Crippen LogP contribution >= 0.6 is 11.3 Å². The van der Waals surface area contributed by atoms with Gasteiger partial charge in [-0.2, -0.15) is 0 Å². The van der Waals surface area contributed by atoms with E-state index in [0.29, 0.717) is 23.4 Å². The highest BCUT2D eigenvalue weighted by atomic mass is 32.1. The number of carbonyl (C=O) groups excluding carboxylic acids is 1. The Kier molecular flexibility index (Phi) is 3.30. The van der Waals surface area contributed by atoms with Crippen molar-refractivity contribution < 1.29 is 9.21 Å². The second-order valence-electron chi connectivity index (χ2n) is 5.91. The van der Waals surface area contributed by atoms with Crippen LogP contribution in [0.3, 0.4) is 0 Å². The summed E-state index contributed by atoms with van der Waals surface area (Å²) in [5.74, 6) is 1.36. The van der Waals surface area contributed by atoms with Gasteiger partial charge in [-0.15, -0.1) is 11.3 Å². The number of aromatic nitrogens is 1. The molecule has 1 aliphatic heterocycles. The van der Waals surface area contributed by atoms with Gasteiger partial charge in [-0.3, -0.25) is 4.79 Å². The van der Waals surface area contributed by atoms with Crippen molar-refractivity contribution in [3.8, 4) is 10.6 Å². The van der Waals surface area contributed by atoms with E-state index in [1.54, 1.807) is 11.3 Å². The zero-order valence-electron chi connectivity index (χ0n) is 11.8. The molecule has 2 fully saturated rings. The Morgan fingerprint density at radius 3 is 3.10 bits per heavy atom. The lowest BCUT2D eigenvalue weighted by Crippen LogP contribution is -2.39. The van der Waals surface area contributed by atoms with Crippen LogP contribution in [0.2, 0.25) is 0 Å². The lowest BCUT2D eigenvalue weighted by atomic mass is 9.85. The molecule has 4 nitrogen and oxygen atoms in total. The van der Waals surface area contributed by atoms with Crippen LogP contribution in [0.5, 0.6) is 0 Å². The third-order valence-corrected chi connectivity index (χ3v) is 5.65. The Hall–Kier alpha value is -1.62. The zero-order chi connectivity index (χ0) is 14.2. The monoisotopic (exact) mass is 302 g/mol. The van der Waals surface area contributed by atoms with E-state index in [1.165, 1.54) is 25.7 Å². The number of amides is 1. The summed E-state index contributed by atoms with van der Waals surface area (Å²) in [5, 5.41) is 1.99. The van der Waals surface area contributed by atoms with Crippen molar-refractivity contribution in [3.05, 3.63) is 29.6 Å². The summed E-state index contributed by atoms with van der Waals surface area (Å²) >= 11 is 1.57. The van der Waals surface area contributed by atoms with Crippen molar-refractivity contribution in [1.29, 1.82) is 0 Å². The molecule has 1 saturated carbocycles. The molecule has 0 spiro atoms. The normalized spacial score (nSPS) is 25.0. The van der Waals surface area contributed by atoms with Gasteiger partial charge in [0.05, 0.1) is 4.88 Å². The van der Waals surface area contributed by atoms with Crippen molar-refractivity contribution in [3.63, 3.8) is 0 Å². The highest BCUT2D eigenvalue weighted by molar-refractivity contribution is 7.13. The van der Waals surface area contributed by atoms with Crippen molar-refractivity contribution >= 4 is 17.2 Å². The first kappa shape index (κ1) is 13.1. The van der Waals surface area contributed by atoms with Crippen LogP contribution in [-0.2, 0) is 0 Å². The standard InChI is InChI=1S/C16H18N2O2S/c19-16(18-8-7-11-4-1-2-5-12(11)18)14-15(20-10-17-14)13-6-3-9-21-13/h3,6,9-12H,1-2,4-5,7-8H2/t11-,12+/m1/s1. The second kappa shape index (κ2) is 5.30. The molecule has 0 bridgehead atoms. The Bertz CT molecular complexity index is 635. The number of nitrogens with zero attached hydrogens (tertiary/aromatic N) is 2. The number of oxazole rings is 1. The molecule has 5 heteroatoms. The summed E-state index contributed by atoms with van der Waals surface area (Å²) in [7, 11) is 0. The number of thiophene rings is 1. The molecule has 1 saturated heterocycles. The van der Waals surface area contributed by atoms with E-state index in [2.05, 4.69) is 4.98 Å². The van der Waals surface area contributed by atoms with Crippen LogP contribution in [-0.4, -0.2) is 28.4 Å². The predicted molar refractivity (Wildman–Crippen MR) is 81.2 cm³/mol. The van der Waals surface area contributed by atoms with Gasteiger partial charge in [0.1, 0.15) is 0 Å². The fourth-order valence-corrected chi connectivity index (χ4v) is 4.49. The third kappa shape index (κ3) is 2.20. The quantitative estimate of drug-likeness (QED) is 0.847. The molecule has 1 amide bonds. The van der Waals surface area contributed by atoms with Gasteiger partial charge < -0.3 is 9.32 Å². The molecule has 2 aliphatic rings. The second-order valence-corrected chi connectivity index (χ2v) is 6.85. The molecular weight excluding hydrogens is 284 g/mol. The SMILES string of the molecule is O=C(c1ncoc1-c1cccs1)N1CC[C@H]2CCCC[C@@H]21. The number of hydrogen-bond donors (Lipinski definition) is 0. The van der Waals surface area contributed by atoms with E-state index in [1.807, 2.05) is 22.4 Å². The Labute approximate surface area is 127 Å². The van der Waals surface area contributed by atoms with E-state index in [0.717, 1.165) is 24.3 Å². The first-order valence-corrected chi connectivity index (χ1v) is 8.51. The van der Waals surface area contributed by atoms with Crippen LogP contribution in [0.15, 0.2) is 28.3 Å². The van der Waals surface area contributed by atoms with Crippen LogP contribution < -0.4 is 0 Å². The molecule has 4 rings (SSSR count). The molecule has 2 atom stereocenters. The number of carbonyl (C=O) groups is 1. The molecule has 2 aromatic rings. The Morgan fingerprint density at radius 1 is 1.33 bits per heavy atom. The number of rotatable bonds is 2. The van der Waals surface area contributed by atoms with Crippen molar-refractivity contribution in [1.82, 2.24) is 9.88 Å². The van der Waals surface area contributed by atoms with E-state index < -0.39 is 0 Å². The van der Waals surface area contributed by atoms with Gasteiger partial charge in [0.25, 0.3) is 5.91 Å². The van der Waals surface area contributed by atoms with Gasteiger partial charge in [0, 0.05) is 12.6 Å². The lowest BCUT2D eigenvalue weighted by molar-refractivity contribution is 0.0685. The van der Waals surface area contributed by atoms with Gasteiger partial charge in [0.15, 0.2) is 17.8 Å². The van der Waals surface area contributed by atoms with Gasteiger partial charge >= 0.3 is 0 Å². The molecule has 0 unspecified atom stereocenters. The van der Waals surface area contributed by atoms with Crippen LogP contribution in [0, 0.1) is 5.92 Å². The first-order valence-electron chi connectivity index (χ1n) is 7.63. The average Bonchev–Trinajstić information content (AvgIpc) is 3.25. The van der Waals surface area contributed by atoms with Crippen molar-refractivity contribution in [2.45, 2.75) is 38.1 Å². The van der Waals surface area contributed by atoms with E-state index in [4.69, 9.17) is 4.42 Å². The van der Waals surface area contributed by atoms with Crippen molar-refractivity contribution in [2.24, 2.45) is 5.92 Å². The van der Waals surface area contributed by atoms with Gasteiger partial charge in [-0.1, -0.05) is 18.9 Å². The fraction of sp³-hybridized carbons (Fsp3) is 0.500. The highest BCUT2D eigenvalue weighted by Gasteiger charge is 2.39. The van der Waals surface area contributed by atoms with Crippen LogP contribution in [0.1, 0.15) is 42.6 Å². The first-order chi connectivity index (χ1) is 10.3. The maximum Gasteiger partial charge on any atom is 0.276 e. The summed E-state index contributed by atoms with van der Waals surface area (Å²) < 4.78 is 5.48. The van der Waals surface area contributed by atoms with E-state index >= 15 is 0 Å². The molecule has 0 aromatic carbocycles. The summed E-state index contributed by atoms with van der Waals surface area (Å²) in [6, 6.07) is 4.35. The predicted octanol–water partition coefficient (Wildman–Crippen LogP) is 3.81. The molecule has 21 heavy (non-hydrogen) atoms. The minimum Gasteiger partial charge on any atom is -0.442 e. The minimum absolute atomic E-state index is 0.0431. The topological polar surface area (TPSA) is 46.3 Å². The number of hydrogen-bond acceptors (Lipinski definition) is 4. The molecule has 1 aliphatic carbocycles. The van der Waals surface area contributed by atoms with E-state index in [9.17, 15) is 4.79 Å². The molecule has 3 heterocycles. The number of likely N-dealkylation sites (tertiary alicyclic amines) is 1. The molecule has 110 valence electrons. The largest absolute Gasteiger partial charge is 0.442 e. The summed E-state index contributed by atoms with van der Waals surface area (Å²) in [4.78, 5) is 20.1. The molecule has 0 N–H and O–H groups in total. The Morgan fingerprint density at radius 2 is 2.24 bits per heavy atom. The van der Waals surface area contributed by atoms with Crippen molar-refractivity contribution in [2.75, 3.05) is 6.54 Å². The minimum atomic E-state index is 0.0431. The van der Waals surface area contributed by atoms with Gasteiger partial charge in [0.2, 0.25) is 0 Å². The lowest BCUT2D eigenvalue weighted by Gasteiger charge is -2.31. The third-order valence-electron chi connectivity index (χ3n) is 4.79. The maximum atomic E-state index is 12.9. The average molecular weight is 302 g/mol. The molecular formula is C16H18N2O2S. The highest BCUT2D eigenvalue weighted by Crippen LogP contribution is 2.38. The summed E-state index contributed by atoms with van der Waals surface area (Å²) in [5.41, 5.74) is 0.476. The maximum absolute atomic E-state index is 12.9. The van der Waals surface area contributed by atoms with Crippen LogP contribution in [0.25, 0.3) is 10.6 Å². The van der Waals surface area contributed by atoms with Gasteiger partial charge in [-0.25, -0.2) is 4.98 Å². The Balaban J connectivity index is 1.62. The van der Waals surface area contributed by atoms with Crippen LogP contribution in [0.4, 0.5) is 0 Å². The molecule has 0 radical (unpaired) electrons. The summed E-state index contributed by atoms with van der Waals surface area (Å²) in [6.07, 6.45) is 7.49. The zero-order valence-corrected chi connectivity index (χ0v) is 12.6. The fourth-order valence-electron chi connectivity index (χ4n) is 3.78. The molecule has 2 aromatic heterocycles.